The average molecular weight is 363 g/mol. The lowest BCUT2D eigenvalue weighted by Crippen LogP contribution is -2.37. The van der Waals surface area contributed by atoms with Crippen LogP contribution in [-0.2, 0) is 13.1 Å². The molecule has 0 fully saturated rings. The minimum atomic E-state index is -0.0812. The van der Waals surface area contributed by atoms with Crippen LogP contribution in [0.15, 0.2) is 30.5 Å². The Morgan fingerprint density at radius 1 is 1.36 bits per heavy atom. The molecule has 0 N–H and O–H groups in total. The normalized spacial score (nSPS) is 17.3. The van der Waals surface area contributed by atoms with Gasteiger partial charge in [0.25, 0.3) is 5.91 Å². The first-order chi connectivity index (χ1) is 12.0. The molecule has 3 rings (SSSR count). The van der Waals surface area contributed by atoms with Gasteiger partial charge in [-0.2, -0.15) is 5.10 Å². The van der Waals surface area contributed by atoms with E-state index in [1.807, 2.05) is 29.7 Å². The van der Waals surface area contributed by atoms with Crippen LogP contribution in [0.3, 0.4) is 0 Å². The van der Waals surface area contributed by atoms with Crippen LogP contribution in [0.2, 0.25) is 5.02 Å². The summed E-state index contributed by atoms with van der Waals surface area (Å²) in [7, 11) is 5.66. The Morgan fingerprint density at radius 3 is 2.88 bits per heavy atom. The van der Waals surface area contributed by atoms with Gasteiger partial charge >= 0.3 is 0 Å². The number of amides is 1. The number of hydrogen-bond donors (Lipinski definition) is 0. The highest BCUT2D eigenvalue weighted by Crippen LogP contribution is 2.25. The SMILES string of the molecule is COc1ccc(Cl)c(C(=O)N2Cc3ccnn3C[C@@H](CN(C)C)C2)c1. The molecule has 6 nitrogen and oxygen atoms in total. The summed E-state index contributed by atoms with van der Waals surface area (Å²) in [5, 5.41) is 4.84. The van der Waals surface area contributed by atoms with Gasteiger partial charge in [0.05, 0.1) is 29.9 Å². The molecule has 0 bridgehead atoms. The second kappa shape index (κ2) is 7.45. The minimum absolute atomic E-state index is 0.0812. The van der Waals surface area contributed by atoms with Crippen molar-refractivity contribution >= 4 is 17.5 Å². The van der Waals surface area contributed by atoms with Gasteiger partial charge in [-0.3, -0.25) is 9.48 Å². The van der Waals surface area contributed by atoms with Crippen molar-refractivity contribution in [2.24, 2.45) is 5.92 Å². The van der Waals surface area contributed by atoms with E-state index in [4.69, 9.17) is 16.3 Å². The van der Waals surface area contributed by atoms with Crippen molar-refractivity contribution in [2.45, 2.75) is 13.1 Å². The van der Waals surface area contributed by atoms with Gasteiger partial charge in [0, 0.05) is 31.7 Å². The molecule has 7 heteroatoms. The minimum Gasteiger partial charge on any atom is -0.497 e. The van der Waals surface area contributed by atoms with E-state index < -0.39 is 0 Å². The average Bonchev–Trinajstić information content (AvgIpc) is 2.93. The number of carbonyl (C=O) groups is 1. The van der Waals surface area contributed by atoms with Crippen molar-refractivity contribution < 1.29 is 9.53 Å². The van der Waals surface area contributed by atoms with Gasteiger partial charge in [0.15, 0.2) is 0 Å². The van der Waals surface area contributed by atoms with Crippen LogP contribution in [0.1, 0.15) is 16.1 Å². The number of carbonyl (C=O) groups excluding carboxylic acids is 1. The first-order valence-corrected chi connectivity index (χ1v) is 8.64. The Morgan fingerprint density at radius 2 is 2.16 bits per heavy atom. The maximum Gasteiger partial charge on any atom is 0.255 e. The number of nitrogens with zero attached hydrogens (tertiary/aromatic N) is 4. The fourth-order valence-electron chi connectivity index (χ4n) is 3.29. The summed E-state index contributed by atoms with van der Waals surface area (Å²) in [5.41, 5.74) is 1.51. The van der Waals surface area contributed by atoms with Crippen LogP contribution in [0, 0.1) is 5.92 Å². The molecule has 1 aromatic heterocycles. The second-order valence-corrected chi connectivity index (χ2v) is 7.07. The molecule has 1 aliphatic rings. The zero-order valence-corrected chi connectivity index (χ0v) is 15.5. The van der Waals surface area contributed by atoms with E-state index in [2.05, 4.69) is 10.00 Å². The monoisotopic (exact) mass is 362 g/mol. The highest BCUT2D eigenvalue weighted by molar-refractivity contribution is 6.33. The number of benzene rings is 1. The number of hydrogen-bond acceptors (Lipinski definition) is 4. The topological polar surface area (TPSA) is 50.6 Å². The van der Waals surface area contributed by atoms with Gasteiger partial charge in [-0.15, -0.1) is 0 Å². The van der Waals surface area contributed by atoms with Gasteiger partial charge in [0.2, 0.25) is 0 Å². The molecule has 25 heavy (non-hydrogen) atoms. The number of fused-ring (bicyclic) bond motifs is 1. The zero-order valence-electron chi connectivity index (χ0n) is 14.8. The van der Waals surface area contributed by atoms with Gasteiger partial charge in [0.1, 0.15) is 5.75 Å². The first kappa shape index (κ1) is 17.8. The second-order valence-electron chi connectivity index (χ2n) is 6.66. The number of ether oxygens (including phenoxy) is 1. The van der Waals surface area contributed by atoms with Crippen LogP contribution in [-0.4, -0.2) is 59.8 Å². The lowest BCUT2D eigenvalue weighted by Gasteiger charge is -2.26. The molecule has 1 aromatic carbocycles. The molecule has 2 heterocycles. The zero-order chi connectivity index (χ0) is 18.0. The number of methoxy groups -OCH3 is 1. The summed E-state index contributed by atoms with van der Waals surface area (Å²) >= 11 is 6.28. The van der Waals surface area contributed by atoms with E-state index in [1.165, 1.54) is 0 Å². The summed E-state index contributed by atoms with van der Waals surface area (Å²) < 4.78 is 7.23. The first-order valence-electron chi connectivity index (χ1n) is 8.26. The van der Waals surface area contributed by atoms with Gasteiger partial charge in [-0.25, -0.2) is 0 Å². The summed E-state index contributed by atoms with van der Waals surface area (Å²) in [4.78, 5) is 17.1. The van der Waals surface area contributed by atoms with E-state index in [-0.39, 0.29) is 5.91 Å². The molecule has 0 unspecified atom stereocenters. The third kappa shape index (κ3) is 3.96. The van der Waals surface area contributed by atoms with Crippen molar-refractivity contribution in [3.8, 4) is 5.75 Å². The van der Waals surface area contributed by atoms with E-state index in [0.29, 0.717) is 35.3 Å². The van der Waals surface area contributed by atoms with E-state index >= 15 is 0 Å². The molecular formula is C18H23ClN4O2. The maximum absolute atomic E-state index is 13.1. The Hall–Kier alpha value is -2.05. The van der Waals surface area contributed by atoms with Gasteiger partial charge in [-0.05, 0) is 38.4 Å². The fourth-order valence-corrected chi connectivity index (χ4v) is 3.48. The highest BCUT2D eigenvalue weighted by atomic mass is 35.5. The quantitative estimate of drug-likeness (QED) is 0.838. The Kier molecular flexibility index (Phi) is 5.30. The van der Waals surface area contributed by atoms with Crippen molar-refractivity contribution in [1.82, 2.24) is 19.6 Å². The van der Waals surface area contributed by atoms with Crippen LogP contribution in [0.4, 0.5) is 0 Å². The molecule has 1 atom stereocenters. The molecule has 1 amide bonds. The molecule has 1 aliphatic heterocycles. The predicted octanol–water partition coefficient (Wildman–Crippen LogP) is 2.38. The third-order valence-electron chi connectivity index (χ3n) is 4.38. The molecule has 134 valence electrons. The Labute approximate surface area is 152 Å². The Balaban J connectivity index is 1.90. The summed E-state index contributed by atoms with van der Waals surface area (Å²) in [5.74, 6) is 0.837. The standard InChI is InChI=1S/C18H23ClN4O2/c1-21(2)9-13-10-22(12-14-6-7-20-23(14)11-13)18(24)16-8-15(25-3)4-5-17(16)19/h4-8,13H,9-12H2,1-3H3/t13-/m0/s1. The summed E-state index contributed by atoms with van der Waals surface area (Å²) in [6, 6.07) is 7.12. The van der Waals surface area contributed by atoms with Crippen LogP contribution in [0.5, 0.6) is 5.75 Å². The maximum atomic E-state index is 13.1. The molecule has 0 saturated heterocycles. The number of rotatable bonds is 4. The van der Waals surface area contributed by atoms with Crippen LogP contribution in [0.25, 0.3) is 0 Å². The molecule has 0 radical (unpaired) electrons. The molecule has 2 aromatic rings. The molecular weight excluding hydrogens is 340 g/mol. The van der Waals surface area contributed by atoms with E-state index in [9.17, 15) is 4.79 Å². The number of aromatic nitrogens is 2. The number of halogens is 1. The predicted molar refractivity (Wildman–Crippen MR) is 97.0 cm³/mol. The van der Waals surface area contributed by atoms with Gasteiger partial charge < -0.3 is 14.5 Å². The van der Waals surface area contributed by atoms with Gasteiger partial charge in [-0.1, -0.05) is 11.6 Å². The fraction of sp³-hybridized carbons (Fsp3) is 0.444. The van der Waals surface area contributed by atoms with E-state index in [1.54, 1.807) is 31.5 Å². The highest BCUT2D eigenvalue weighted by Gasteiger charge is 2.27. The lowest BCUT2D eigenvalue weighted by molar-refractivity contribution is 0.0711. The largest absolute Gasteiger partial charge is 0.497 e. The third-order valence-corrected chi connectivity index (χ3v) is 4.71. The summed E-state index contributed by atoms with van der Waals surface area (Å²) in [6.45, 7) is 2.87. The summed E-state index contributed by atoms with van der Waals surface area (Å²) in [6.07, 6.45) is 1.79. The Bertz CT molecular complexity index is 759. The molecule has 0 spiro atoms. The smallest absolute Gasteiger partial charge is 0.255 e. The lowest BCUT2D eigenvalue weighted by atomic mass is 10.1. The molecule has 0 saturated carbocycles. The van der Waals surface area contributed by atoms with Crippen molar-refractivity contribution in [3.05, 3.63) is 46.7 Å². The van der Waals surface area contributed by atoms with Crippen molar-refractivity contribution in [1.29, 1.82) is 0 Å². The van der Waals surface area contributed by atoms with E-state index in [0.717, 1.165) is 18.8 Å². The van der Waals surface area contributed by atoms with Crippen LogP contribution < -0.4 is 4.74 Å². The van der Waals surface area contributed by atoms with Crippen molar-refractivity contribution in [3.63, 3.8) is 0 Å². The van der Waals surface area contributed by atoms with Crippen molar-refractivity contribution in [2.75, 3.05) is 34.3 Å². The van der Waals surface area contributed by atoms with Crippen LogP contribution >= 0.6 is 11.6 Å². The molecule has 0 aliphatic carbocycles.